The Labute approximate surface area is 80.7 Å². The lowest BCUT2D eigenvalue weighted by Gasteiger charge is -2.27. The molecule has 1 rings (SSSR count). The summed E-state index contributed by atoms with van der Waals surface area (Å²) >= 11 is 0. The third kappa shape index (κ3) is 2.98. The molecule has 3 nitrogen and oxygen atoms in total. The molecule has 0 aromatic rings. The Balaban J connectivity index is 2.38. The van der Waals surface area contributed by atoms with Crippen LogP contribution in [0.4, 0.5) is 0 Å². The summed E-state index contributed by atoms with van der Waals surface area (Å²) in [5.41, 5.74) is 0. The minimum Gasteiger partial charge on any atom is -0.315 e. The first-order chi connectivity index (χ1) is 6.27. The van der Waals surface area contributed by atoms with Crippen molar-refractivity contribution in [1.29, 1.82) is 5.26 Å². The van der Waals surface area contributed by atoms with E-state index in [4.69, 9.17) is 5.26 Å². The molecule has 0 bridgehead atoms. The van der Waals surface area contributed by atoms with E-state index in [9.17, 15) is 0 Å². The van der Waals surface area contributed by atoms with Crippen LogP contribution in [0, 0.1) is 17.2 Å². The smallest absolute Gasteiger partial charge is 0.0666 e. The van der Waals surface area contributed by atoms with Crippen LogP contribution in [0.1, 0.15) is 20.3 Å². The molecule has 2 unspecified atom stereocenters. The van der Waals surface area contributed by atoms with Gasteiger partial charge in [0.05, 0.1) is 12.0 Å². The number of hydrogen-bond acceptors (Lipinski definition) is 3. The van der Waals surface area contributed by atoms with Crippen molar-refractivity contribution in [3.8, 4) is 6.07 Å². The van der Waals surface area contributed by atoms with Crippen molar-refractivity contribution in [2.24, 2.45) is 5.92 Å². The Bertz CT molecular complexity index is 179. The second kappa shape index (κ2) is 5.21. The Hall–Kier alpha value is -0.590. The molecule has 0 amide bonds. The summed E-state index contributed by atoms with van der Waals surface area (Å²) in [5, 5.41) is 12.1. The normalized spacial score (nSPS) is 24.6. The lowest BCUT2D eigenvalue weighted by Crippen LogP contribution is -2.39. The van der Waals surface area contributed by atoms with Gasteiger partial charge in [0, 0.05) is 19.1 Å². The molecule has 1 aliphatic heterocycles. The zero-order valence-corrected chi connectivity index (χ0v) is 8.58. The lowest BCUT2D eigenvalue weighted by molar-refractivity contribution is 0.204. The monoisotopic (exact) mass is 181 g/mol. The van der Waals surface area contributed by atoms with E-state index in [0.717, 1.165) is 26.2 Å². The fraction of sp³-hybridized carbons (Fsp3) is 0.900. The van der Waals surface area contributed by atoms with E-state index in [1.54, 1.807) is 0 Å². The summed E-state index contributed by atoms with van der Waals surface area (Å²) in [6.07, 6.45) is 1.23. The van der Waals surface area contributed by atoms with E-state index in [-0.39, 0.29) is 5.92 Å². The first kappa shape index (κ1) is 10.5. The van der Waals surface area contributed by atoms with Crippen LogP contribution in [-0.2, 0) is 0 Å². The van der Waals surface area contributed by atoms with Crippen molar-refractivity contribution in [3.05, 3.63) is 0 Å². The van der Waals surface area contributed by atoms with E-state index in [1.165, 1.54) is 6.42 Å². The van der Waals surface area contributed by atoms with Crippen LogP contribution in [0.15, 0.2) is 0 Å². The van der Waals surface area contributed by atoms with Crippen molar-refractivity contribution in [2.75, 3.05) is 26.2 Å². The lowest BCUT2D eigenvalue weighted by atomic mass is 10.1. The molecular weight excluding hydrogens is 162 g/mol. The molecule has 3 heteroatoms. The van der Waals surface area contributed by atoms with Gasteiger partial charge in [-0.15, -0.1) is 0 Å². The number of nitrogens with one attached hydrogen (secondary N) is 1. The quantitative estimate of drug-likeness (QED) is 0.698. The van der Waals surface area contributed by atoms with Gasteiger partial charge in [-0.25, -0.2) is 0 Å². The van der Waals surface area contributed by atoms with E-state index in [2.05, 4.69) is 23.2 Å². The summed E-state index contributed by atoms with van der Waals surface area (Å²) < 4.78 is 0. The van der Waals surface area contributed by atoms with E-state index >= 15 is 0 Å². The molecular formula is C10H19N3. The summed E-state index contributed by atoms with van der Waals surface area (Å²) in [5.74, 6) is 0.153. The maximum absolute atomic E-state index is 8.73. The Morgan fingerprint density at radius 2 is 2.46 bits per heavy atom. The van der Waals surface area contributed by atoms with Crippen molar-refractivity contribution in [2.45, 2.75) is 26.3 Å². The molecule has 1 saturated heterocycles. The fourth-order valence-electron chi connectivity index (χ4n) is 1.88. The highest BCUT2D eigenvalue weighted by atomic mass is 15.2. The largest absolute Gasteiger partial charge is 0.315 e. The third-order valence-electron chi connectivity index (χ3n) is 2.69. The molecule has 0 radical (unpaired) electrons. The van der Waals surface area contributed by atoms with Gasteiger partial charge in [-0.05, 0) is 26.4 Å². The van der Waals surface area contributed by atoms with Crippen LogP contribution in [-0.4, -0.2) is 37.1 Å². The highest BCUT2D eigenvalue weighted by Gasteiger charge is 2.21. The molecule has 74 valence electrons. The Kier molecular flexibility index (Phi) is 4.20. The van der Waals surface area contributed by atoms with Crippen LogP contribution >= 0.6 is 0 Å². The van der Waals surface area contributed by atoms with Gasteiger partial charge < -0.3 is 5.32 Å². The Morgan fingerprint density at radius 3 is 2.92 bits per heavy atom. The summed E-state index contributed by atoms with van der Waals surface area (Å²) in [6.45, 7) is 8.35. The maximum atomic E-state index is 8.73. The fourth-order valence-corrected chi connectivity index (χ4v) is 1.88. The number of hydrogen-bond donors (Lipinski definition) is 1. The number of nitriles is 1. The molecule has 13 heavy (non-hydrogen) atoms. The standard InChI is InChI=1S/C10H19N3/c1-3-13(8-9(2)6-11)10-4-5-12-7-10/h9-10,12H,3-5,7-8H2,1-2H3. The van der Waals surface area contributed by atoms with Crippen LogP contribution in [0.2, 0.25) is 0 Å². The first-order valence-corrected chi connectivity index (χ1v) is 5.12. The van der Waals surface area contributed by atoms with E-state index in [0.29, 0.717) is 6.04 Å². The molecule has 1 aliphatic rings. The van der Waals surface area contributed by atoms with Gasteiger partial charge >= 0.3 is 0 Å². The average molecular weight is 181 g/mol. The van der Waals surface area contributed by atoms with Gasteiger partial charge in [-0.1, -0.05) is 6.92 Å². The van der Waals surface area contributed by atoms with Gasteiger partial charge in [0.25, 0.3) is 0 Å². The molecule has 0 spiro atoms. The predicted octanol–water partition coefficient (Wildman–Crippen LogP) is 0.830. The topological polar surface area (TPSA) is 39.1 Å². The average Bonchev–Trinajstić information content (AvgIpc) is 2.66. The predicted molar refractivity (Wildman–Crippen MR) is 53.3 cm³/mol. The number of nitrogens with zero attached hydrogens (tertiary/aromatic N) is 2. The van der Waals surface area contributed by atoms with Gasteiger partial charge in [0.1, 0.15) is 0 Å². The van der Waals surface area contributed by atoms with E-state index in [1.807, 2.05) is 6.92 Å². The van der Waals surface area contributed by atoms with Crippen molar-refractivity contribution in [1.82, 2.24) is 10.2 Å². The summed E-state index contributed by atoms with van der Waals surface area (Å²) in [4.78, 5) is 2.41. The highest BCUT2D eigenvalue weighted by Crippen LogP contribution is 2.10. The minimum absolute atomic E-state index is 0.153. The third-order valence-corrected chi connectivity index (χ3v) is 2.69. The van der Waals surface area contributed by atoms with Gasteiger partial charge in [-0.2, -0.15) is 5.26 Å². The molecule has 0 aromatic heterocycles. The van der Waals surface area contributed by atoms with Crippen LogP contribution < -0.4 is 5.32 Å². The van der Waals surface area contributed by atoms with Crippen LogP contribution in [0.3, 0.4) is 0 Å². The molecule has 1 fully saturated rings. The molecule has 1 N–H and O–H groups in total. The molecule has 0 aromatic carbocycles. The van der Waals surface area contributed by atoms with Gasteiger partial charge in [0.2, 0.25) is 0 Å². The molecule has 0 saturated carbocycles. The van der Waals surface area contributed by atoms with E-state index < -0.39 is 0 Å². The first-order valence-electron chi connectivity index (χ1n) is 5.12. The summed E-state index contributed by atoms with van der Waals surface area (Å²) in [7, 11) is 0. The van der Waals surface area contributed by atoms with Crippen molar-refractivity contribution < 1.29 is 0 Å². The minimum atomic E-state index is 0.153. The second-order valence-electron chi connectivity index (χ2n) is 3.76. The zero-order valence-electron chi connectivity index (χ0n) is 8.58. The van der Waals surface area contributed by atoms with Gasteiger partial charge in [-0.3, -0.25) is 4.90 Å². The SMILES string of the molecule is CCN(CC(C)C#N)C1CCNC1. The Morgan fingerprint density at radius 1 is 1.69 bits per heavy atom. The van der Waals surface area contributed by atoms with Crippen molar-refractivity contribution >= 4 is 0 Å². The molecule has 0 aliphatic carbocycles. The van der Waals surface area contributed by atoms with Crippen LogP contribution in [0.25, 0.3) is 0 Å². The highest BCUT2D eigenvalue weighted by molar-refractivity contribution is 4.86. The van der Waals surface area contributed by atoms with Crippen molar-refractivity contribution in [3.63, 3.8) is 0 Å². The number of likely N-dealkylation sites (N-methyl/N-ethyl adjacent to an activating group) is 1. The second-order valence-corrected chi connectivity index (χ2v) is 3.76. The number of rotatable bonds is 4. The zero-order chi connectivity index (χ0) is 9.68. The molecule has 1 heterocycles. The summed E-state index contributed by atoms with van der Waals surface area (Å²) in [6, 6.07) is 2.94. The van der Waals surface area contributed by atoms with Crippen LogP contribution in [0.5, 0.6) is 0 Å². The molecule has 2 atom stereocenters. The van der Waals surface area contributed by atoms with Gasteiger partial charge in [0.15, 0.2) is 0 Å². The maximum Gasteiger partial charge on any atom is 0.0666 e.